The molecule has 0 bridgehead atoms. The molecule has 93 heavy (non-hydrogen) atoms. The molecule has 6 aromatic rings. The second-order valence-electron chi connectivity index (χ2n) is 21.7. The number of ether oxygens (including phenoxy) is 3. The van der Waals surface area contributed by atoms with Gasteiger partial charge in [0.05, 0.1) is 81.9 Å². The van der Waals surface area contributed by atoms with Crippen LogP contribution in [0.15, 0.2) is 128 Å². The number of halogens is 5. The molecule has 0 unspecified atom stereocenters. The van der Waals surface area contributed by atoms with Crippen molar-refractivity contribution in [1.82, 2.24) is 50.0 Å². The summed E-state index contributed by atoms with van der Waals surface area (Å²) in [6, 6.07) is 15.0. The third-order valence-electron chi connectivity index (χ3n) is 16.0. The third-order valence-corrected chi connectivity index (χ3v) is 18.2. The maximum absolute atomic E-state index is 14.2. The Hall–Kier alpha value is -9.77. The Morgan fingerprint density at radius 1 is 0.634 bits per heavy atom. The molecular weight excluding hydrogens is 1280 g/mol. The number of carbonyl (C=O) groups excluding carboxylic acids is 4. The van der Waals surface area contributed by atoms with E-state index in [4.69, 9.17) is 60.5 Å². The van der Waals surface area contributed by atoms with Gasteiger partial charge in [-0.3, -0.25) is 19.8 Å². The number of hydrogen-bond acceptors (Lipinski definition) is 17. The second-order valence-corrected chi connectivity index (χ2v) is 24.3. The molecule has 0 aliphatic carbocycles. The van der Waals surface area contributed by atoms with Gasteiger partial charge in [-0.1, -0.05) is 83.3 Å². The first-order valence-electron chi connectivity index (χ1n) is 28.8. The average molecular weight is 1340 g/mol. The van der Waals surface area contributed by atoms with Gasteiger partial charge in [0, 0.05) is 121 Å². The molecule has 4 amide bonds. The smallest absolute Gasteiger partial charge is 0.338 e. The monoisotopic (exact) mass is 1330 g/mol. The lowest BCUT2D eigenvalue weighted by Crippen LogP contribution is -2.53. The number of aliphatic imine (C=N–C) groups is 2. The zero-order chi connectivity index (χ0) is 65.4. The molecule has 0 radical (unpaired) electrons. The fourth-order valence-corrected chi connectivity index (χ4v) is 13.3. The number of nitrogens with one attached hydrogen (secondary N) is 2. The van der Waals surface area contributed by atoms with Crippen molar-refractivity contribution in [3.8, 4) is 29.4 Å². The summed E-state index contributed by atoms with van der Waals surface area (Å²) in [4.78, 5) is 89.3. The summed E-state index contributed by atoms with van der Waals surface area (Å²) in [5, 5.41) is 11.7. The molecule has 6 aliphatic rings. The van der Waals surface area contributed by atoms with Gasteiger partial charge in [0.2, 0.25) is 0 Å². The SMILES string of the molecule is [C-]#[N+]c1ccc(C#CCN2C[C@@H]3CN(CC4=C(C(=O)OC)[C@H](c5ccc(F)cc5Cl)N=C(c5nccs5)N4)CCN3C2=O)c(F)c1.[C-]#[N+]c1ccc(C#CCN2C[C@@H]3CN(CC4=C(C(=O)OC)[C@H](c5ccc(F)cc5Cl)N=C(c5nccs5)N4)CCN3C2=O)c(OC)c1. The highest BCUT2D eigenvalue weighted by Crippen LogP contribution is 2.39. The predicted molar refractivity (Wildman–Crippen MR) is 343 cm³/mol. The second kappa shape index (κ2) is 28.8. The van der Waals surface area contributed by atoms with Crippen molar-refractivity contribution in [2.75, 3.05) is 99.9 Å². The number of piperazine rings is 2. The summed E-state index contributed by atoms with van der Waals surface area (Å²) in [6.07, 6.45) is 3.31. The fraction of sp³-hybridized carbons (Fsp3) is 0.292. The first-order chi connectivity index (χ1) is 45.0. The van der Waals surface area contributed by atoms with Gasteiger partial charge in [-0.15, -0.1) is 22.7 Å². The van der Waals surface area contributed by atoms with E-state index in [0.29, 0.717) is 127 Å². The summed E-state index contributed by atoms with van der Waals surface area (Å²) in [5.74, 6) is 10.4. The number of rotatable bonds is 13. The lowest BCUT2D eigenvalue weighted by molar-refractivity contribution is -0.137. The van der Waals surface area contributed by atoms with Crippen LogP contribution in [0.1, 0.15) is 44.4 Å². The summed E-state index contributed by atoms with van der Waals surface area (Å²) in [5.41, 5.74) is 4.00. The van der Waals surface area contributed by atoms with Gasteiger partial charge < -0.3 is 44.4 Å². The Bertz CT molecular complexity index is 4290. The van der Waals surface area contributed by atoms with Crippen molar-refractivity contribution in [3.05, 3.63) is 201 Å². The number of amidine groups is 2. The molecule has 0 spiro atoms. The molecule has 4 fully saturated rings. The molecule has 4 aromatic carbocycles. The first kappa shape index (κ1) is 64.7. The van der Waals surface area contributed by atoms with Crippen molar-refractivity contribution in [1.29, 1.82) is 0 Å². The number of aromatic nitrogens is 2. The summed E-state index contributed by atoms with van der Waals surface area (Å²) < 4.78 is 57.9. The average Bonchev–Trinajstić information content (AvgIpc) is 1.33. The van der Waals surface area contributed by atoms with E-state index in [1.807, 2.05) is 15.7 Å². The fourth-order valence-electron chi connectivity index (χ4n) is 11.6. The minimum atomic E-state index is -0.874. The third kappa shape index (κ3) is 14.3. The molecular formula is C65H55Cl2F3N14O7S2. The number of urea groups is 2. The van der Waals surface area contributed by atoms with E-state index in [1.165, 1.54) is 92.5 Å². The van der Waals surface area contributed by atoms with Crippen molar-refractivity contribution in [3.63, 3.8) is 0 Å². The minimum Gasteiger partial charge on any atom is -0.497 e. The zero-order valence-electron chi connectivity index (χ0n) is 50.0. The quantitative estimate of drug-likeness (QED) is 0.0631. The minimum absolute atomic E-state index is 0.0752. The van der Waals surface area contributed by atoms with E-state index >= 15 is 0 Å². The van der Waals surface area contributed by atoms with Crippen LogP contribution in [-0.2, 0) is 19.1 Å². The Labute approximate surface area is 551 Å². The Morgan fingerprint density at radius 2 is 1.10 bits per heavy atom. The molecule has 4 saturated heterocycles. The number of hydrogen-bond donors (Lipinski definition) is 2. The van der Waals surface area contributed by atoms with Crippen LogP contribution < -0.4 is 15.4 Å². The molecule has 0 saturated carbocycles. The van der Waals surface area contributed by atoms with Gasteiger partial charge in [0.25, 0.3) is 0 Å². The maximum Gasteiger partial charge on any atom is 0.338 e. The summed E-state index contributed by atoms with van der Waals surface area (Å²) in [6.45, 7) is 19.3. The molecule has 21 nitrogen and oxygen atoms in total. The molecule has 474 valence electrons. The van der Waals surface area contributed by atoms with Gasteiger partial charge in [-0.25, -0.2) is 52.0 Å². The van der Waals surface area contributed by atoms with Gasteiger partial charge in [-0.2, -0.15) is 0 Å². The normalized spacial score (nSPS) is 19.4. The van der Waals surface area contributed by atoms with Crippen molar-refractivity contribution >= 4 is 92.9 Å². The van der Waals surface area contributed by atoms with E-state index in [0.717, 1.165) is 6.07 Å². The van der Waals surface area contributed by atoms with Gasteiger partial charge in [0.15, 0.2) is 33.1 Å². The largest absolute Gasteiger partial charge is 0.497 e. The molecule has 4 atom stereocenters. The van der Waals surface area contributed by atoms with E-state index < -0.39 is 41.5 Å². The standard InChI is InChI=1S/C33H29ClFN7O4S.C32H26ClF2N7O3S/c1-36-22-8-6-20(27(16-22)45-2)5-4-11-41-18-23-17-40(12-13-42(23)33(41)44)19-26-28(32(43)46-3)29(24-9-7-21(35)15-25(24)34)39-30(38-26)31-37-10-14-47-31;1-36-21-7-5-19(25(35)15-21)4-3-10-41-17-22-16-40(11-12-42(22)32(41)44)18-26-27(31(43)45-2)28(23-8-6-20(34)14-24(23)33)39-29(38-26)30-37-9-13-46-30/h6-10,14-16,23,29H,11-13,17-19H2,2-3H3,(H,38,39);5-9,13-15,22,28H,10-12,16-18H2,2H3,(H,38,39)/t23-,29-;22-,28-/m00/s1. The first-order valence-corrected chi connectivity index (χ1v) is 31.3. The molecule has 12 rings (SSSR count). The van der Waals surface area contributed by atoms with Crippen LogP contribution in [0.3, 0.4) is 0 Å². The van der Waals surface area contributed by atoms with Crippen LogP contribution in [-0.4, -0.2) is 187 Å². The number of carbonyl (C=O) groups is 4. The van der Waals surface area contributed by atoms with E-state index in [2.05, 4.69) is 63.8 Å². The predicted octanol–water partition coefficient (Wildman–Crippen LogP) is 9.10. The molecule has 2 N–H and O–H groups in total. The lowest BCUT2D eigenvalue weighted by atomic mass is 9.95. The number of nitrogens with zero attached hydrogens (tertiary/aromatic N) is 12. The van der Waals surface area contributed by atoms with Crippen LogP contribution in [0, 0.1) is 54.3 Å². The van der Waals surface area contributed by atoms with Crippen molar-refractivity contribution in [2.24, 2.45) is 9.98 Å². The number of methoxy groups -OCH3 is 3. The molecule has 2 aromatic heterocycles. The molecule has 28 heteroatoms. The van der Waals surface area contributed by atoms with Crippen LogP contribution in [0.5, 0.6) is 5.75 Å². The van der Waals surface area contributed by atoms with Gasteiger partial charge in [0.1, 0.15) is 35.3 Å². The number of amides is 4. The number of esters is 2. The Balaban J connectivity index is 0.000000190. The lowest BCUT2D eigenvalue weighted by Gasteiger charge is -2.38. The van der Waals surface area contributed by atoms with Crippen LogP contribution >= 0.6 is 45.9 Å². The van der Waals surface area contributed by atoms with E-state index in [9.17, 15) is 32.3 Å². The summed E-state index contributed by atoms with van der Waals surface area (Å²) >= 11 is 15.7. The molecule has 6 aliphatic heterocycles. The van der Waals surface area contributed by atoms with Crippen LogP contribution in [0.4, 0.5) is 34.1 Å². The van der Waals surface area contributed by atoms with E-state index in [-0.39, 0.29) is 69.7 Å². The van der Waals surface area contributed by atoms with Crippen molar-refractivity contribution in [2.45, 2.75) is 24.2 Å². The zero-order valence-corrected chi connectivity index (χ0v) is 53.1. The maximum atomic E-state index is 14.2. The van der Waals surface area contributed by atoms with Crippen molar-refractivity contribution < 1.29 is 46.6 Å². The number of thiazole rings is 2. The van der Waals surface area contributed by atoms with Gasteiger partial charge in [-0.05, 0) is 36.4 Å². The number of benzene rings is 4. The van der Waals surface area contributed by atoms with Gasteiger partial charge >= 0.3 is 24.0 Å². The molecule has 8 heterocycles. The highest BCUT2D eigenvalue weighted by Gasteiger charge is 2.44. The van der Waals surface area contributed by atoms with E-state index in [1.54, 1.807) is 45.3 Å². The summed E-state index contributed by atoms with van der Waals surface area (Å²) in [7, 11) is 4.11. The topological polar surface area (TPSA) is 199 Å². The van der Waals surface area contributed by atoms with Crippen LogP contribution in [0.2, 0.25) is 10.0 Å². The number of fused-ring (bicyclic) bond motifs is 2. The Kier molecular flexibility index (Phi) is 20.1. The van der Waals surface area contributed by atoms with Crippen LogP contribution in [0.25, 0.3) is 9.69 Å². The highest BCUT2D eigenvalue weighted by molar-refractivity contribution is 7.12. The Morgan fingerprint density at radius 3 is 1.52 bits per heavy atom. The highest BCUT2D eigenvalue weighted by atomic mass is 35.5.